The zero-order valence-corrected chi connectivity index (χ0v) is 12.9. The number of piperidine rings is 1. The van der Waals surface area contributed by atoms with Crippen molar-refractivity contribution in [2.75, 3.05) is 31.9 Å². The van der Waals surface area contributed by atoms with Crippen molar-refractivity contribution in [1.82, 2.24) is 14.8 Å². The zero-order chi connectivity index (χ0) is 15.6. The van der Waals surface area contributed by atoms with Gasteiger partial charge in [-0.2, -0.15) is 0 Å². The molecule has 1 aromatic heterocycles. The topological polar surface area (TPSA) is 82.7 Å². The third-order valence-corrected chi connectivity index (χ3v) is 4.59. The van der Waals surface area contributed by atoms with E-state index in [2.05, 4.69) is 9.88 Å². The average Bonchev–Trinajstić information content (AvgIpc) is 3.00. The summed E-state index contributed by atoms with van der Waals surface area (Å²) in [5.74, 6) is 0.404. The summed E-state index contributed by atoms with van der Waals surface area (Å²) in [4.78, 5) is 20.5. The van der Waals surface area contributed by atoms with Crippen molar-refractivity contribution >= 4 is 11.7 Å². The molecule has 1 amide bonds. The first-order valence-corrected chi connectivity index (χ1v) is 8.01. The van der Waals surface area contributed by atoms with Crippen molar-refractivity contribution in [2.24, 2.45) is 0 Å². The highest BCUT2D eigenvalue weighted by Gasteiger charge is 2.43. The largest absolute Gasteiger partial charge is 0.384 e. The molecule has 0 aromatic carbocycles. The van der Waals surface area contributed by atoms with Gasteiger partial charge < -0.3 is 15.7 Å². The standard InChI is InChI=1S/C16H24N4O2/c17-14-10-13(4-6-18-14)11-19-7-3-5-16(22,12-19)15(21)20-8-1-2-9-20/h4,6,10,22H,1-3,5,7-9,11-12H2,(H2,17,18). The summed E-state index contributed by atoms with van der Waals surface area (Å²) < 4.78 is 0. The van der Waals surface area contributed by atoms with Crippen LogP contribution in [0.4, 0.5) is 5.82 Å². The normalized spacial score (nSPS) is 26.3. The Kier molecular flexibility index (Phi) is 4.31. The van der Waals surface area contributed by atoms with Gasteiger partial charge in [-0.3, -0.25) is 9.69 Å². The second kappa shape index (κ2) is 6.22. The first-order chi connectivity index (χ1) is 10.6. The number of likely N-dealkylation sites (tertiary alicyclic amines) is 2. The Hall–Kier alpha value is -1.66. The van der Waals surface area contributed by atoms with Crippen LogP contribution in [0.15, 0.2) is 18.3 Å². The van der Waals surface area contributed by atoms with E-state index in [4.69, 9.17) is 5.73 Å². The second-order valence-electron chi connectivity index (χ2n) is 6.43. The van der Waals surface area contributed by atoms with Gasteiger partial charge in [-0.15, -0.1) is 0 Å². The van der Waals surface area contributed by atoms with Crippen LogP contribution in [0.3, 0.4) is 0 Å². The number of nitrogens with two attached hydrogens (primary N) is 1. The summed E-state index contributed by atoms with van der Waals surface area (Å²) >= 11 is 0. The fourth-order valence-electron chi connectivity index (χ4n) is 3.50. The number of anilines is 1. The second-order valence-corrected chi connectivity index (χ2v) is 6.43. The Bertz CT molecular complexity index is 545. The van der Waals surface area contributed by atoms with E-state index < -0.39 is 5.60 Å². The molecule has 0 spiro atoms. The van der Waals surface area contributed by atoms with Crippen molar-refractivity contribution in [3.8, 4) is 0 Å². The maximum atomic E-state index is 12.6. The summed E-state index contributed by atoms with van der Waals surface area (Å²) in [6, 6.07) is 3.77. The predicted molar refractivity (Wildman–Crippen MR) is 83.9 cm³/mol. The number of hydrogen-bond acceptors (Lipinski definition) is 5. The van der Waals surface area contributed by atoms with Gasteiger partial charge in [0.05, 0.1) is 0 Å². The number of rotatable bonds is 3. The van der Waals surface area contributed by atoms with Gasteiger partial charge in [0.25, 0.3) is 5.91 Å². The number of carbonyl (C=O) groups excluding carboxylic acids is 1. The van der Waals surface area contributed by atoms with Crippen molar-refractivity contribution in [3.05, 3.63) is 23.9 Å². The first kappa shape index (κ1) is 15.2. The number of carbonyl (C=O) groups is 1. The van der Waals surface area contributed by atoms with Crippen molar-refractivity contribution in [2.45, 2.75) is 37.8 Å². The molecule has 2 aliphatic rings. The van der Waals surface area contributed by atoms with Crippen LogP contribution in [0, 0.1) is 0 Å². The van der Waals surface area contributed by atoms with Crippen molar-refractivity contribution < 1.29 is 9.90 Å². The number of nitrogen functional groups attached to an aromatic ring is 1. The Morgan fingerprint density at radius 1 is 1.32 bits per heavy atom. The number of aliphatic hydroxyl groups is 1. The van der Waals surface area contributed by atoms with E-state index in [0.717, 1.165) is 44.5 Å². The van der Waals surface area contributed by atoms with Crippen LogP contribution >= 0.6 is 0 Å². The Morgan fingerprint density at radius 2 is 2.09 bits per heavy atom. The third-order valence-electron chi connectivity index (χ3n) is 4.59. The highest BCUT2D eigenvalue weighted by molar-refractivity contribution is 5.85. The van der Waals surface area contributed by atoms with Crippen LogP contribution in [0.5, 0.6) is 0 Å². The molecule has 1 atom stereocenters. The summed E-state index contributed by atoms with van der Waals surface area (Å²) in [6.45, 7) is 3.52. The minimum absolute atomic E-state index is 0.0936. The van der Waals surface area contributed by atoms with Crippen LogP contribution in [0.2, 0.25) is 0 Å². The van der Waals surface area contributed by atoms with Gasteiger partial charge in [-0.25, -0.2) is 4.98 Å². The van der Waals surface area contributed by atoms with Crippen LogP contribution < -0.4 is 5.73 Å². The van der Waals surface area contributed by atoms with Gasteiger partial charge in [0.1, 0.15) is 5.82 Å². The summed E-state index contributed by atoms with van der Waals surface area (Å²) in [7, 11) is 0. The van der Waals surface area contributed by atoms with Gasteiger partial charge in [0.2, 0.25) is 0 Å². The quantitative estimate of drug-likeness (QED) is 0.855. The molecule has 0 radical (unpaired) electrons. The lowest BCUT2D eigenvalue weighted by Gasteiger charge is -2.40. The molecule has 2 fully saturated rings. The van der Waals surface area contributed by atoms with E-state index in [9.17, 15) is 9.90 Å². The molecule has 3 N–H and O–H groups in total. The number of β-amino-alcohol motifs (C(OH)–C–C–N with tert-alkyl or cyclic N) is 1. The first-order valence-electron chi connectivity index (χ1n) is 8.01. The van der Waals surface area contributed by atoms with E-state index in [1.807, 2.05) is 17.0 Å². The Labute approximate surface area is 130 Å². The fraction of sp³-hybridized carbons (Fsp3) is 0.625. The lowest BCUT2D eigenvalue weighted by atomic mass is 9.91. The van der Waals surface area contributed by atoms with Crippen molar-refractivity contribution in [1.29, 1.82) is 0 Å². The average molecular weight is 304 g/mol. The molecule has 2 saturated heterocycles. The molecule has 22 heavy (non-hydrogen) atoms. The molecule has 120 valence electrons. The molecule has 6 nitrogen and oxygen atoms in total. The van der Waals surface area contributed by atoms with Crippen molar-refractivity contribution in [3.63, 3.8) is 0 Å². The lowest BCUT2D eigenvalue weighted by Crippen LogP contribution is -2.57. The van der Waals surface area contributed by atoms with Gasteiger partial charge in [0, 0.05) is 32.4 Å². The minimum Gasteiger partial charge on any atom is -0.384 e. The molecule has 0 aliphatic carbocycles. The molecule has 6 heteroatoms. The molecular weight excluding hydrogens is 280 g/mol. The number of nitrogens with zero attached hydrogens (tertiary/aromatic N) is 3. The fourth-order valence-corrected chi connectivity index (χ4v) is 3.50. The lowest BCUT2D eigenvalue weighted by molar-refractivity contribution is -0.156. The molecular formula is C16H24N4O2. The van der Waals surface area contributed by atoms with E-state index in [1.165, 1.54) is 0 Å². The molecule has 1 unspecified atom stereocenters. The van der Waals surface area contributed by atoms with Crippen LogP contribution in [-0.2, 0) is 11.3 Å². The molecule has 0 saturated carbocycles. The minimum atomic E-state index is -1.23. The number of hydrogen-bond donors (Lipinski definition) is 2. The monoisotopic (exact) mass is 304 g/mol. The highest BCUT2D eigenvalue weighted by Crippen LogP contribution is 2.26. The third kappa shape index (κ3) is 3.23. The number of amides is 1. The maximum absolute atomic E-state index is 12.6. The SMILES string of the molecule is Nc1cc(CN2CCCC(O)(C(=O)N3CCCC3)C2)ccn1. The van der Waals surface area contributed by atoms with E-state index >= 15 is 0 Å². The smallest absolute Gasteiger partial charge is 0.255 e. The van der Waals surface area contributed by atoms with E-state index in [0.29, 0.717) is 25.3 Å². The summed E-state index contributed by atoms with van der Waals surface area (Å²) in [5.41, 5.74) is 5.53. The molecule has 2 aliphatic heterocycles. The Balaban J connectivity index is 1.66. The van der Waals surface area contributed by atoms with E-state index in [-0.39, 0.29) is 5.91 Å². The Morgan fingerprint density at radius 3 is 2.82 bits per heavy atom. The van der Waals surface area contributed by atoms with Crippen LogP contribution in [0.1, 0.15) is 31.2 Å². The summed E-state index contributed by atoms with van der Waals surface area (Å²) in [6.07, 6.45) is 5.16. The molecule has 3 rings (SSSR count). The van der Waals surface area contributed by atoms with Gasteiger partial charge in [-0.05, 0) is 49.9 Å². The van der Waals surface area contributed by atoms with E-state index in [1.54, 1.807) is 6.20 Å². The van der Waals surface area contributed by atoms with Gasteiger partial charge >= 0.3 is 0 Å². The molecule has 3 heterocycles. The molecule has 0 bridgehead atoms. The highest BCUT2D eigenvalue weighted by atomic mass is 16.3. The van der Waals surface area contributed by atoms with Gasteiger partial charge in [0.15, 0.2) is 5.60 Å². The summed E-state index contributed by atoms with van der Waals surface area (Å²) in [5, 5.41) is 10.8. The van der Waals surface area contributed by atoms with Crippen LogP contribution in [0.25, 0.3) is 0 Å². The molecule has 1 aromatic rings. The van der Waals surface area contributed by atoms with Crippen LogP contribution in [-0.4, -0.2) is 57.6 Å². The predicted octanol–water partition coefficient (Wildman–Crippen LogP) is 0.613. The number of pyridine rings is 1. The zero-order valence-electron chi connectivity index (χ0n) is 12.9. The maximum Gasteiger partial charge on any atom is 0.255 e. The van der Waals surface area contributed by atoms with Gasteiger partial charge in [-0.1, -0.05) is 0 Å². The number of aromatic nitrogens is 1.